The molecule has 1 aliphatic rings. The van der Waals surface area contributed by atoms with Crippen LogP contribution in [0, 0.1) is 0 Å². The Morgan fingerprint density at radius 3 is 2.82 bits per heavy atom. The lowest BCUT2D eigenvalue weighted by atomic mass is 9.96. The molecule has 2 aromatic rings. The molecule has 3 rings (SSSR count). The molecule has 2 heterocycles. The molecule has 1 aliphatic heterocycles. The highest BCUT2D eigenvalue weighted by molar-refractivity contribution is 5.97. The number of nitrogens with zero attached hydrogens (tertiary/aromatic N) is 2. The maximum absolute atomic E-state index is 12.9. The van der Waals surface area contributed by atoms with Gasteiger partial charge in [0.1, 0.15) is 0 Å². The van der Waals surface area contributed by atoms with E-state index >= 15 is 0 Å². The summed E-state index contributed by atoms with van der Waals surface area (Å²) in [5.41, 5.74) is 4.15. The highest BCUT2D eigenvalue weighted by Crippen LogP contribution is 2.28. The standard InChI is InChI=1S/C18H21N3O/c1-13(14-8-11-19-12-9-14)21(2)18(22)16-5-3-7-17-15(16)6-4-10-20-17/h3,5,7-9,11-13,20H,4,6,10H2,1-2H3. The maximum Gasteiger partial charge on any atom is 0.254 e. The molecule has 1 amide bonds. The number of pyridine rings is 1. The summed E-state index contributed by atoms with van der Waals surface area (Å²) in [6, 6.07) is 9.87. The fraction of sp³-hybridized carbons (Fsp3) is 0.333. The van der Waals surface area contributed by atoms with Crippen LogP contribution in [0.5, 0.6) is 0 Å². The molecule has 0 bridgehead atoms. The van der Waals surface area contributed by atoms with Crippen molar-refractivity contribution >= 4 is 11.6 Å². The first-order valence-corrected chi connectivity index (χ1v) is 7.71. The fourth-order valence-corrected chi connectivity index (χ4v) is 2.94. The van der Waals surface area contributed by atoms with Crippen molar-refractivity contribution in [2.24, 2.45) is 0 Å². The van der Waals surface area contributed by atoms with Crippen molar-refractivity contribution in [2.45, 2.75) is 25.8 Å². The van der Waals surface area contributed by atoms with E-state index in [1.54, 1.807) is 17.3 Å². The van der Waals surface area contributed by atoms with Crippen LogP contribution in [0.1, 0.15) is 40.9 Å². The van der Waals surface area contributed by atoms with Gasteiger partial charge in [-0.2, -0.15) is 0 Å². The molecule has 0 saturated heterocycles. The third-order valence-electron chi connectivity index (χ3n) is 4.42. The van der Waals surface area contributed by atoms with Crippen LogP contribution in [0.4, 0.5) is 5.69 Å². The van der Waals surface area contributed by atoms with Crippen molar-refractivity contribution < 1.29 is 4.79 Å². The van der Waals surface area contributed by atoms with Crippen LogP contribution in [0.2, 0.25) is 0 Å². The van der Waals surface area contributed by atoms with Gasteiger partial charge < -0.3 is 10.2 Å². The van der Waals surface area contributed by atoms with E-state index in [4.69, 9.17) is 0 Å². The average molecular weight is 295 g/mol. The number of hydrogen-bond donors (Lipinski definition) is 1. The summed E-state index contributed by atoms with van der Waals surface area (Å²) in [6.45, 7) is 3.02. The lowest BCUT2D eigenvalue weighted by Gasteiger charge is -2.28. The summed E-state index contributed by atoms with van der Waals surface area (Å²) in [7, 11) is 1.86. The number of amides is 1. The number of aromatic nitrogens is 1. The van der Waals surface area contributed by atoms with Crippen molar-refractivity contribution in [1.82, 2.24) is 9.88 Å². The minimum Gasteiger partial charge on any atom is -0.385 e. The van der Waals surface area contributed by atoms with Crippen molar-refractivity contribution in [1.29, 1.82) is 0 Å². The molecule has 114 valence electrons. The van der Waals surface area contributed by atoms with E-state index < -0.39 is 0 Å². The van der Waals surface area contributed by atoms with E-state index in [0.29, 0.717) is 0 Å². The van der Waals surface area contributed by atoms with Crippen LogP contribution in [0.25, 0.3) is 0 Å². The lowest BCUT2D eigenvalue weighted by molar-refractivity contribution is 0.0741. The van der Waals surface area contributed by atoms with Gasteiger partial charge in [0.2, 0.25) is 0 Å². The first-order valence-electron chi connectivity index (χ1n) is 7.71. The SMILES string of the molecule is CC(c1ccncc1)N(C)C(=O)c1cccc2c1CCCN2. The van der Waals surface area contributed by atoms with Gasteiger partial charge >= 0.3 is 0 Å². The molecule has 1 atom stereocenters. The fourth-order valence-electron chi connectivity index (χ4n) is 2.94. The summed E-state index contributed by atoms with van der Waals surface area (Å²) < 4.78 is 0. The van der Waals surface area contributed by atoms with Crippen LogP contribution < -0.4 is 5.32 Å². The minimum atomic E-state index is 0.0166. The van der Waals surface area contributed by atoms with E-state index in [-0.39, 0.29) is 11.9 Å². The normalized spacial score (nSPS) is 14.6. The molecule has 4 heteroatoms. The molecule has 0 fully saturated rings. The molecule has 0 saturated carbocycles. The van der Waals surface area contributed by atoms with Crippen LogP contribution in [0.15, 0.2) is 42.7 Å². The predicted molar refractivity (Wildman–Crippen MR) is 88.0 cm³/mol. The number of benzene rings is 1. The van der Waals surface area contributed by atoms with E-state index in [1.807, 2.05) is 38.2 Å². The smallest absolute Gasteiger partial charge is 0.254 e. The van der Waals surface area contributed by atoms with Gasteiger partial charge in [-0.25, -0.2) is 0 Å². The number of nitrogens with one attached hydrogen (secondary N) is 1. The van der Waals surface area contributed by atoms with Gasteiger partial charge in [0.15, 0.2) is 0 Å². The Balaban J connectivity index is 1.88. The van der Waals surface area contributed by atoms with Crippen LogP contribution in [0.3, 0.4) is 0 Å². The Hall–Kier alpha value is -2.36. The van der Waals surface area contributed by atoms with Gasteiger partial charge in [-0.15, -0.1) is 0 Å². The molecular weight excluding hydrogens is 274 g/mol. The number of carbonyl (C=O) groups is 1. The first-order chi connectivity index (χ1) is 10.7. The summed E-state index contributed by atoms with van der Waals surface area (Å²) in [6.07, 6.45) is 5.56. The summed E-state index contributed by atoms with van der Waals surface area (Å²) in [4.78, 5) is 18.8. The topological polar surface area (TPSA) is 45.2 Å². The Labute approximate surface area is 131 Å². The Kier molecular flexibility index (Phi) is 4.09. The Morgan fingerprint density at radius 1 is 1.27 bits per heavy atom. The van der Waals surface area contributed by atoms with Gasteiger partial charge in [0.05, 0.1) is 6.04 Å². The van der Waals surface area contributed by atoms with Crippen LogP contribution >= 0.6 is 0 Å². The third kappa shape index (κ3) is 2.69. The zero-order valence-corrected chi connectivity index (χ0v) is 13.0. The van der Waals surface area contributed by atoms with Gasteiger partial charge in [-0.1, -0.05) is 6.07 Å². The van der Waals surface area contributed by atoms with Crippen molar-refractivity contribution in [3.05, 3.63) is 59.4 Å². The number of anilines is 1. The summed E-state index contributed by atoms with van der Waals surface area (Å²) in [5, 5.41) is 3.38. The third-order valence-corrected chi connectivity index (χ3v) is 4.42. The van der Waals surface area contributed by atoms with E-state index in [0.717, 1.165) is 41.8 Å². The van der Waals surface area contributed by atoms with E-state index in [9.17, 15) is 4.79 Å². The molecule has 0 radical (unpaired) electrons. The molecule has 1 aromatic carbocycles. The number of rotatable bonds is 3. The van der Waals surface area contributed by atoms with Gasteiger partial charge in [0.25, 0.3) is 5.91 Å². The lowest BCUT2D eigenvalue weighted by Crippen LogP contribution is -2.31. The second-order valence-corrected chi connectivity index (χ2v) is 5.73. The Bertz CT molecular complexity index is 669. The van der Waals surface area contributed by atoms with Crippen molar-refractivity contribution in [2.75, 3.05) is 18.9 Å². The quantitative estimate of drug-likeness (QED) is 0.945. The number of hydrogen-bond acceptors (Lipinski definition) is 3. The largest absolute Gasteiger partial charge is 0.385 e. The Morgan fingerprint density at radius 2 is 2.05 bits per heavy atom. The monoisotopic (exact) mass is 295 g/mol. The highest BCUT2D eigenvalue weighted by atomic mass is 16.2. The van der Waals surface area contributed by atoms with Crippen molar-refractivity contribution in [3.63, 3.8) is 0 Å². The van der Waals surface area contributed by atoms with Crippen LogP contribution in [-0.4, -0.2) is 29.4 Å². The molecule has 0 aliphatic carbocycles. The molecule has 4 nitrogen and oxygen atoms in total. The summed E-state index contributed by atoms with van der Waals surface area (Å²) in [5.74, 6) is 0.0739. The summed E-state index contributed by atoms with van der Waals surface area (Å²) >= 11 is 0. The first kappa shape index (κ1) is 14.6. The molecule has 1 unspecified atom stereocenters. The second-order valence-electron chi connectivity index (χ2n) is 5.73. The molecular formula is C18H21N3O. The molecule has 1 aromatic heterocycles. The highest BCUT2D eigenvalue weighted by Gasteiger charge is 2.23. The maximum atomic E-state index is 12.9. The zero-order valence-electron chi connectivity index (χ0n) is 13.0. The van der Waals surface area contributed by atoms with Crippen molar-refractivity contribution in [3.8, 4) is 0 Å². The van der Waals surface area contributed by atoms with E-state index in [1.165, 1.54) is 0 Å². The van der Waals surface area contributed by atoms with Gasteiger partial charge in [-0.05, 0) is 55.2 Å². The number of fused-ring (bicyclic) bond motifs is 1. The zero-order chi connectivity index (χ0) is 15.5. The number of carbonyl (C=O) groups excluding carboxylic acids is 1. The predicted octanol–water partition coefficient (Wildman–Crippen LogP) is 3.27. The molecule has 0 spiro atoms. The van der Waals surface area contributed by atoms with Gasteiger partial charge in [0, 0.05) is 37.2 Å². The minimum absolute atomic E-state index is 0.0166. The van der Waals surface area contributed by atoms with Gasteiger partial charge in [-0.3, -0.25) is 9.78 Å². The molecule has 1 N–H and O–H groups in total. The average Bonchev–Trinajstić information content (AvgIpc) is 2.60. The van der Waals surface area contributed by atoms with E-state index in [2.05, 4.69) is 16.4 Å². The second kappa shape index (κ2) is 6.18. The van der Waals surface area contributed by atoms with Crippen LogP contribution in [-0.2, 0) is 6.42 Å². The molecule has 22 heavy (non-hydrogen) atoms.